The second kappa shape index (κ2) is 3.36. The molecule has 5 nitrogen and oxygen atoms in total. The molecule has 1 aromatic rings. The van der Waals surface area contributed by atoms with Gasteiger partial charge in [0.25, 0.3) is 5.91 Å². The molecule has 98 valence electrons. The van der Waals surface area contributed by atoms with Crippen molar-refractivity contribution < 1.29 is 14.7 Å². The summed E-state index contributed by atoms with van der Waals surface area (Å²) in [5.74, 6) is -0.300. The summed E-state index contributed by atoms with van der Waals surface area (Å²) in [6.45, 7) is 0.649. The van der Waals surface area contributed by atoms with E-state index >= 15 is 0 Å². The highest BCUT2D eigenvalue weighted by Crippen LogP contribution is 2.46. The van der Waals surface area contributed by atoms with Crippen LogP contribution in [0.5, 0.6) is 0 Å². The van der Waals surface area contributed by atoms with Crippen molar-refractivity contribution in [2.45, 2.75) is 24.6 Å². The summed E-state index contributed by atoms with van der Waals surface area (Å²) in [4.78, 5) is 27.5. The van der Waals surface area contributed by atoms with E-state index in [2.05, 4.69) is 0 Å². The molecule has 2 fully saturated rings. The average molecular weight is 258 g/mol. The van der Waals surface area contributed by atoms with E-state index in [1.165, 1.54) is 4.90 Å². The van der Waals surface area contributed by atoms with E-state index in [1.807, 2.05) is 6.07 Å². The molecule has 0 aromatic heterocycles. The van der Waals surface area contributed by atoms with Crippen LogP contribution >= 0.6 is 0 Å². The molecule has 5 heteroatoms. The number of benzene rings is 1. The monoisotopic (exact) mass is 258 g/mol. The van der Waals surface area contributed by atoms with Gasteiger partial charge in [0.2, 0.25) is 5.91 Å². The molecule has 0 bridgehead atoms. The molecule has 0 saturated carbocycles. The Labute approximate surface area is 110 Å². The molecular formula is C14H14N2O3. The number of hydrogen-bond donors (Lipinski definition) is 1. The van der Waals surface area contributed by atoms with Crippen LogP contribution in [-0.4, -0.2) is 45.9 Å². The number of aliphatic hydroxyl groups is 1. The summed E-state index contributed by atoms with van der Waals surface area (Å²) in [5, 5.41) is 11.1. The van der Waals surface area contributed by atoms with Crippen molar-refractivity contribution >= 4 is 11.8 Å². The topological polar surface area (TPSA) is 60.9 Å². The van der Waals surface area contributed by atoms with Crippen LogP contribution in [0.25, 0.3) is 0 Å². The molecule has 0 spiro atoms. The summed E-state index contributed by atoms with van der Waals surface area (Å²) in [6.07, 6.45) is 1.61. The van der Waals surface area contributed by atoms with E-state index in [0.717, 1.165) is 12.8 Å². The van der Waals surface area contributed by atoms with Gasteiger partial charge in [0.1, 0.15) is 6.54 Å². The van der Waals surface area contributed by atoms with E-state index < -0.39 is 5.72 Å². The molecule has 3 heterocycles. The number of piperazine rings is 1. The van der Waals surface area contributed by atoms with Crippen LogP contribution < -0.4 is 0 Å². The smallest absolute Gasteiger partial charge is 0.257 e. The summed E-state index contributed by atoms with van der Waals surface area (Å²) >= 11 is 0. The maximum atomic E-state index is 12.4. The Kier molecular flexibility index (Phi) is 1.94. The molecular weight excluding hydrogens is 244 g/mol. The first-order valence-electron chi connectivity index (χ1n) is 6.57. The second-order valence-electron chi connectivity index (χ2n) is 5.41. The van der Waals surface area contributed by atoms with Crippen molar-refractivity contribution in [3.8, 4) is 0 Å². The lowest BCUT2D eigenvalue weighted by Gasteiger charge is -2.47. The maximum absolute atomic E-state index is 12.4. The molecule has 2 saturated heterocycles. The van der Waals surface area contributed by atoms with Crippen LogP contribution in [0.3, 0.4) is 0 Å². The minimum absolute atomic E-state index is 0.0273. The molecule has 1 N–H and O–H groups in total. The average Bonchev–Trinajstić information content (AvgIpc) is 2.99. The fourth-order valence-corrected chi connectivity index (χ4v) is 3.70. The molecule has 1 aromatic carbocycles. The number of carbonyl (C=O) groups is 2. The molecule has 19 heavy (non-hydrogen) atoms. The molecule has 3 aliphatic rings. The molecule has 3 aliphatic heterocycles. The van der Waals surface area contributed by atoms with Crippen molar-refractivity contribution in [3.63, 3.8) is 0 Å². The lowest BCUT2D eigenvalue weighted by Crippen LogP contribution is -2.64. The zero-order valence-corrected chi connectivity index (χ0v) is 10.4. The fourth-order valence-electron chi connectivity index (χ4n) is 3.70. The molecule has 2 atom stereocenters. The molecule has 2 amide bonds. The van der Waals surface area contributed by atoms with Crippen LogP contribution in [-0.2, 0) is 10.5 Å². The minimum atomic E-state index is -1.34. The van der Waals surface area contributed by atoms with Crippen molar-refractivity contribution in [1.29, 1.82) is 0 Å². The zero-order chi connectivity index (χ0) is 13.2. The van der Waals surface area contributed by atoms with Gasteiger partial charge in [-0.15, -0.1) is 0 Å². The van der Waals surface area contributed by atoms with Crippen molar-refractivity contribution in [3.05, 3.63) is 35.4 Å². The number of hydrogen-bond acceptors (Lipinski definition) is 3. The van der Waals surface area contributed by atoms with Gasteiger partial charge in [-0.05, 0) is 18.9 Å². The first-order chi connectivity index (χ1) is 9.14. The zero-order valence-electron chi connectivity index (χ0n) is 10.4. The van der Waals surface area contributed by atoms with Crippen LogP contribution in [0.15, 0.2) is 24.3 Å². The van der Waals surface area contributed by atoms with Crippen molar-refractivity contribution in [2.24, 2.45) is 0 Å². The largest absolute Gasteiger partial charge is 0.365 e. The minimum Gasteiger partial charge on any atom is -0.365 e. The van der Waals surface area contributed by atoms with Gasteiger partial charge >= 0.3 is 0 Å². The maximum Gasteiger partial charge on any atom is 0.257 e. The van der Waals surface area contributed by atoms with Crippen LogP contribution in [0.4, 0.5) is 0 Å². The van der Waals surface area contributed by atoms with E-state index in [1.54, 1.807) is 23.1 Å². The van der Waals surface area contributed by atoms with Gasteiger partial charge in [-0.1, -0.05) is 18.2 Å². The van der Waals surface area contributed by atoms with E-state index in [9.17, 15) is 14.7 Å². The first kappa shape index (κ1) is 11.0. The first-order valence-corrected chi connectivity index (χ1v) is 6.57. The highest BCUT2D eigenvalue weighted by molar-refractivity contribution is 6.02. The Balaban J connectivity index is 1.94. The Morgan fingerprint density at radius 1 is 1.26 bits per heavy atom. The third-order valence-corrected chi connectivity index (χ3v) is 4.54. The fraction of sp³-hybridized carbons (Fsp3) is 0.429. The predicted octanol–water partition coefficient (Wildman–Crippen LogP) is 0.292. The second-order valence-corrected chi connectivity index (χ2v) is 5.41. The standard InChI is InChI=1S/C14H14N2O3/c17-12-8-16-13(18)9-4-1-2-5-10(9)14(16,19)11-6-3-7-15(11)12/h1-2,4-5,11,19H,3,6-8H2. The number of fused-ring (bicyclic) bond motifs is 5. The summed E-state index contributed by atoms with van der Waals surface area (Å²) in [6, 6.07) is 6.81. The number of rotatable bonds is 0. The lowest BCUT2D eigenvalue weighted by atomic mass is 9.91. The van der Waals surface area contributed by atoms with E-state index in [0.29, 0.717) is 17.7 Å². The van der Waals surface area contributed by atoms with Gasteiger partial charge in [-0.3, -0.25) is 14.5 Å². The van der Waals surface area contributed by atoms with Crippen LogP contribution in [0.2, 0.25) is 0 Å². The summed E-state index contributed by atoms with van der Waals surface area (Å²) in [5.41, 5.74) is -0.172. The summed E-state index contributed by atoms with van der Waals surface area (Å²) in [7, 11) is 0. The van der Waals surface area contributed by atoms with Gasteiger partial charge < -0.3 is 10.0 Å². The summed E-state index contributed by atoms with van der Waals surface area (Å²) < 4.78 is 0. The number of nitrogens with zero attached hydrogens (tertiary/aromatic N) is 2. The van der Waals surface area contributed by atoms with Gasteiger partial charge in [0.15, 0.2) is 5.72 Å². The highest BCUT2D eigenvalue weighted by Gasteiger charge is 2.60. The van der Waals surface area contributed by atoms with Gasteiger partial charge in [-0.25, -0.2) is 0 Å². The number of carbonyl (C=O) groups excluding carboxylic acids is 2. The van der Waals surface area contributed by atoms with Gasteiger partial charge in [0.05, 0.1) is 6.04 Å². The normalized spacial score (nSPS) is 32.4. The van der Waals surface area contributed by atoms with E-state index in [4.69, 9.17) is 0 Å². The Morgan fingerprint density at radius 3 is 2.89 bits per heavy atom. The lowest BCUT2D eigenvalue weighted by molar-refractivity contribution is -0.178. The van der Waals surface area contributed by atoms with Crippen LogP contribution in [0.1, 0.15) is 28.8 Å². The van der Waals surface area contributed by atoms with E-state index in [-0.39, 0.29) is 24.4 Å². The third-order valence-electron chi connectivity index (χ3n) is 4.54. The quantitative estimate of drug-likeness (QED) is 0.727. The SMILES string of the molecule is O=C1CN2C(=O)c3ccccc3C2(O)C2CCCN12. The molecule has 0 aliphatic carbocycles. The predicted molar refractivity (Wildman–Crippen MR) is 66.1 cm³/mol. The van der Waals surface area contributed by atoms with Gasteiger partial charge in [0, 0.05) is 17.7 Å². The Bertz CT molecular complexity index is 600. The molecule has 4 rings (SSSR count). The van der Waals surface area contributed by atoms with Gasteiger partial charge in [-0.2, -0.15) is 0 Å². The van der Waals surface area contributed by atoms with Crippen molar-refractivity contribution in [1.82, 2.24) is 9.80 Å². The molecule has 2 unspecified atom stereocenters. The van der Waals surface area contributed by atoms with Crippen LogP contribution in [0, 0.1) is 0 Å². The molecule has 0 radical (unpaired) electrons. The van der Waals surface area contributed by atoms with Crippen molar-refractivity contribution in [2.75, 3.05) is 13.1 Å². The number of amides is 2. The Morgan fingerprint density at radius 2 is 2.05 bits per heavy atom. The third kappa shape index (κ3) is 1.14. The highest BCUT2D eigenvalue weighted by atomic mass is 16.3. The Hall–Kier alpha value is -1.88.